The maximum atomic E-state index is 13.2. The molecule has 1 amide bonds. The van der Waals surface area contributed by atoms with Gasteiger partial charge in [0.15, 0.2) is 5.69 Å². The van der Waals surface area contributed by atoms with E-state index in [1.807, 2.05) is 31.2 Å². The first-order chi connectivity index (χ1) is 13.5. The number of ether oxygens (including phenoxy) is 1. The van der Waals surface area contributed by atoms with Crippen LogP contribution in [0, 0.1) is 5.82 Å². The third-order valence-corrected chi connectivity index (χ3v) is 4.49. The minimum atomic E-state index is -0.719. The maximum Gasteiger partial charge on any atom is 0.328 e. The van der Waals surface area contributed by atoms with Gasteiger partial charge in [0.25, 0.3) is 5.91 Å². The molecule has 1 N–H and O–H groups in total. The van der Waals surface area contributed by atoms with E-state index in [1.54, 1.807) is 16.8 Å². The summed E-state index contributed by atoms with van der Waals surface area (Å²) in [4.78, 5) is 24.7. The summed E-state index contributed by atoms with van der Waals surface area (Å²) in [5, 5.41) is 7.87. The van der Waals surface area contributed by atoms with Gasteiger partial charge in [0, 0.05) is 5.39 Å². The van der Waals surface area contributed by atoms with E-state index in [1.165, 1.54) is 19.2 Å². The molecule has 0 aliphatic rings. The van der Waals surface area contributed by atoms with Crippen LogP contribution in [0.2, 0.25) is 0 Å². The lowest BCUT2D eigenvalue weighted by Gasteiger charge is -2.14. The fourth-order valence-electron chi connectivity index (χ4n) is 3.08. The molecule has 3 rings (SSSR count). The fraction of sp³-hybridized carbons (Fsp3) is 0.286. The van der Waals surface area contributed by atoms with Crippen molar-refractivity contribution in [3.8, 4) is 0 Å². The first-order valence-electron chi connectivity index (χ1n) is 9.12. The molecule has 6 nitrogen and oxygen atoms in total. The van der Waals surface area contributed by atoms with Crippen molar-refractivity contribution in [2.75, 3.05) is 7.11 Å². The van der Waals surface area contributed by atoms with Gasteiger partial charge in [-0.2, -0.15) is 5.10 Å². The predicted octanol–water partition coefficient (Wildman–Crippen LogP) is 3.30. The molecule has 0 aliphatic heterocycles. The van der Waals surface area contributed by atoms with E-state index < -0.39 is 17.9 Å². The van der Waals surface area contributed by atoms with E-state index in [4.69, 9.17) is 4.74 Å². The Labute approximate surface area is 162 Å². The van der Waals surface area contributed by atoms with Crippen LogP contribution in [0.1, 0.15) is 35.8 Å². The Morgan fingerprint density at radius 2 is 1.89 bits per heavy atom. The maximum absolute atomic E-state index is 13.2. The molecule has 0 spiro atoms. The number of halogens is 1. The molecule has 2 aromatic carbocycles. The molecule has 7 heteroatoms. The molecule has 1 heterocycles. The number of fused-ring (bicyclic) bond motifs is 1. The summed E-state index contributed by atoms with van der Waals surface area (Å²) in [7, 11) is 1.30. The summed E-state index contributed by atoms with van der Waals surface area (Å²) in [6.07, 6.45) is 1.20. The van der Waals surface area contributed by atoms with Crippen molar-refractivity contribution in [2.45, 2.75) is 32.4 Å². The van der Waals surface area contributed by atoms with E-state index >= 15 is 0 Å². The summed E-state index contributed by atoms with van der Waals surface area (Å²) in [5.74, 6) is -1.22. The quantitative estimate of drug-likeness (QED) is 0.636. The van der Waals surface area contributed by atoms with Gasteiger partial charge >= 0.3 is 5.97 Å². The van der Waals surface area contributed by atoms with Crippen LogP contribution in [-0.2, 0) is 16.1 Å². The number of methoxy groups -OCH3 is 1. The number of carbonyl (C=O) groups is 2. The van der Waals surface area contributed by atoms with Gasteiger partial charge in [0.05, 0.1) is 19.2 Å². The second-order valence-electron chi connectivity index (χ2n) is 6.49. The molecule has 0 bridgehead atoms. The average molecular weight is 383 g/mol. The summed E-state index contributed by atoms with van der Waals surface area (Å²) in [6, 6.07) is 12.8. The summed E-state index contributed by atoms with van der Waals surface area (Å²) in [6.45, 7) is 2.32. The van der Waals surface area contributed by atoms with Crippen LogP contribution in [0.4, 0.5) is 4.39 Å². The summed E-state index contributed by atoms with van der Waals surface area (Å²) < 4.78 is 19.6. The topological polar surface area (TPSA) is 73.2 Å². The Morgan fingerprint density at radius 1 is 1.18 bits per heavy atom. The number of para-hydroxylation sites is 1. The van der Waals surface area contributed by atoms with Crippen molar-refractivity contribution in [1.82, 2.24) is 15.1 Å². The molecule has 1 unspecified atom stereocenters. The first kappa shape index (κ1) is 19.5. The van der Waals surface area contributed by atoms with Crippen molar-refractivity contribution in [2.24, 2.45) is 0 Å². The minimum Gasteiger partial charge on any atom is -0.467 e. The largest absolute Gasteiger partial charge is 0.467 e. The molecule has 0 radical (unpaired) electrons. The molecule has 146 valence electrons. The van der Waals surface area contributed by atoms with Gasteiger partial charge in [-0.3, -0.25) is 9.48 Å². The Balaban J connectivity index is 1.91. The fourth-order valence-corrected chi connectivity index (χ4v) is 3.08. The number of benzene rings is 2. The summed E-state index contributed by atoms with van der Waals surface area (Å²) in [5.41, 5.74) is 1.88. The number of carbonyl (C=O) groups excluding carboxylic acids is 2. The van der Waals surface area contributed by atoms with Gasteiger partial charge in [0.2, 0.25) is 0 Å². The monoisotopic (exact) mass is 383 g/mol. The highest BCUT2D eigenvalue weighted by Crippen LogP contribution is 2.20. The number of aromatic nitrogens is 2. The molecule has 0 aliphatic carbocycles. The average Bonchev–Trinajstić information content (AvgIpc) is 3.07. The number of hydrogen-bond donors (Lipinski definition) is 1. The lowest BCUT2D eigenvalue weighted by molar-refractivity contribution is -0.143. The minimum absolute atomic E-state index is 0.239. The molecule has 1 atom stereocenters. The number of amides is 1. The Bertz CT molecular complexity index is 982. The van der Waals surface area contributed by atoms with Crippen molar-refractivity contribution in [3.63, 3.8) is 0 Å². The van der Waals surface area contributed by atoms with Crippen LogP contribution >= 0.6 is 0 Å². The van der Waals surface area contributed by atoms with E-state index in [0.29, 0.717) is 18.4 Å². The lowest BCUT2D eigenvalue weighted by Crippen LogP contribution is -2.41. The van der Waals surface area contributed by atoms with Gasteiger partial charge in [0.1, 0.15) is 11.9 Å². The zero-order chi connectivity index (χ0) is 20.1. The molecule has 28 heavy (non-hydrogen) atoms. The van der Waals surface area contributed by atoms with E-state index in [-0.39, 0.29) is 11.5 Å². The SMILES string of the molecule is CCCC(NC(=O)c1nn(Cc2ccc(F)cc2)c2ccccc12)C(=O)OC. The molecule has 1 aromatic heterocycles. The zero-order valence-corrected chi connectivity index (χ0v) is 15.8. The lowest BCUT2D eigenvalue weighted by atomic mass is 10.1. The number of hydrogen-bond acceptors (Lipinski definition) is 4. The van der Waals surface area contributed by atoms with Gasteiger partial charge < -0.3 is 10.1 Å². The Hall–Kier alpha value is -3.22. The molecular formula is C21H22FN3O3. The second kappa shape index (κ2) is 8.65. The first-order valence-corrected chi connectivity index (χ1v) is 9.12. The van der Waals surface area contributed by atoms with Gasteiger partial charge in [-0.05, 0) is 30.2 Å². The highest BCUT2D eigenvalue weighted by Gasteiger charge is 2.24. The van der Waals surface area contributed by atoms with Crippen molar-refractivity contribution >= 4 is 22.8 Å². The normalized spacial score (nSPS) is 12.0. The van der Waals surface area contributed by atoms with Crippen LogP contribution in [0.25, 0.3) is 10.9 Å². The molecule has 0 saturated carbocycles. The standard InChI is InChI=1S/C21H22FN3O3/c1-3-6-17(21(27)28-2)23-20(26)19-16-7-4-5-8-18(16)25(24-19)13-14-9-11-15(22)12-10-14/h4-5,7-12,17H,3,6,13H2,1-2H3,(H,23,26). The van der Waals surface area contributed by atoms with Crippen molar-refractivity contribution in [1.29, 1.82) is 0 Å². The van der Waals surface area contributed by atoms with Crippen molar-refractivity contribution < 1.29 is 18.7 Å². The van der Waals surface area contributed by atoms with E-state index in [9.17, 15) is 14.0 Å². The van der Waals surface area contributed by atoms with Gasteiger partial charge in [-0.1, -0.05) is 43.7 Å². The van der Waals surface area contributed by atoms with E-state index in [2.05, 4.69) is 10.4 Å². The van der Waals surface area contributed by atoms with E-state index in [0.717, 1.165) is 17.5 Å². The highest BCUT2D eigenvalue weighted by molar-refractivity contribution is 6.06. The number of nitrogens with one attached hydrogen (secondary N) is 1. The molecule has 0 saturated heterocycles. The smallest absolute Gasteiger partial charge is 0.328 e. The van der Waals surface area contributed by atoms with Crippen LogP contribution in [0.3, 0.4) is 0 Å². The van der Waals surface area contributed by atoms with Crippen LogP contribution in [-0.4, -0.2) is 34.8 Å². The summed E-state index contributed by atoms with van der Waals surface area (Å²) >= 11 is 0. The van der Waals surface area contributed by atoms with Crippen LogP contribution in [0.15, 0.2) is 48.5 Å². The Kier molecular flexibility index (Phi) is 6.03. The van der Waals surface area contributed by atoms with Gasteiger partial charge in [-0.15, -0.1) is 0 Å². The Morgan fingerprint density at radius 3 is 2.57 bits per heavy atom. The third kappa shape index (κ3) is 4.19. The predicted molar refractivity (Wildman–Crippen MR) is 103 cm³/mol. The number of rotatable bonds is 7. The molecule has 0 fully saturated rings. The second-order valence-corrected chi connectivity index (χ2v) is 6.49. The van der Waals surface area contributed by atoms with Crippen LogP contribution in [0.5, 0.6) is 0 Å². The zero-order valence-electron chi connectivity index (χ0n) is 15.8. The number of nitrogens with zero attached hydrogens (tertiary/aromatic N) is 2. The third-order valence-electron chi connectivity index (χ3n) is 4.49. The molecular weight excluding hydrogens is 361 g/mol. The van der Waals surface area contributed by atoms with Gasteiger partial charge in [-0.25, -0.2) is 9.18 Å². The highest BCUT2D eigenvalue weighted by atomic mass is 19.1. The number of esters is 1. The molecule has 3 aromatic rings. The van der Waals surface area contributed by atoms with Crippen molar-refractivity contribution in [3.05, 3.63) is 65.6 Å². The van der Waals surface area contributed by atoms with Crippen LogP contribution < -0.4 is 5.32 Å².